The van der Waals surface area contributed by atoms with Crippen LogP contribution < -0.4 is 4.74 Å². The predicted molar refractivity (Wildman–Crippen MR) is 63.4 cm³/mol. The smallest absolute Gasteiger partial charge is 0.311 e. The van der Waals surface area contributed by atoms with Gasteiger partial charge in [0.05, 0.1) is 6.20 Å². The molecule has 0 unspecified atom stereocenters. The molecule has 0 aliphatic heterocycles. The van der Waals surface area contributed by atoms with E-state index in [9.17, 15) is 4.79 Å². The SMILES string of the molecule is Cc1cccc(OCc2ncc(CC(=O)O)o2)c1. The molecule has 94 valence electrons. The maximum absolute atomic E-state index is 10.5. The second-order valence-electron chi connectivity index (χ2n) is 3.90. The molecule has 0 spiro atoms. The monoisotopic (exact) mass is 247 g/mol. The number of carbonyl (C=O) groups is 1. The van der Waals surface area contributed by atoms with E-state index < -0.39 is 5.97 Å². The van der Waals surface area contributed by atoms with Crippen molar-refractivity contribution in [3.8, 4) is 5.75 Å². The molecule has 1 heterocycles. The van der Waals surface area contributed by atoms with Gasteiger partial charge in [0, 0.05) is 0 Å². The van der Waals surface area contributed by atoms with E-state index in [1.165, 1.54) is 6.20 Å². The van der Waals surface area contributed by atoms with Gasteiger partial charge in [0.15, 0.2) is 6.61 Å². The summed E-state index contributed by atoms with van der Waals surface area (Å²) in [5, 5.41) is 8.60. The summed E-state index contributed by atoms with van der Waals surface area (Å²) in [5.41, 5.74) is 1.10. The summed E-state index contributed by atoms with van der Waals surface area (Å²) in [7, 11) is 0. The van der Waals surface area contributed by atoms with Crippen LogP contribution in [0.3, 0.4) is 0 Å². The highest BCUT2D eigenvalue weighted by molar-refractivity contribution is 5.69. The number of aryl methyl sites for hydroxylation is 1. The van der Waals surface area contributed by atoms with Crippen molar-refractivity contribution in [1.29, 1.82) is 0 Å². The number of carboxylic acid groups (broad SMARTS) is 1. The van der Waals surface area contributed by atoms with E-state index >= 15 is 0 Å². The highest BCUT2D eigenvalue weighted by atomic mass is 16.5. The fourth-order valence-corrected chi connectivity index (χ4v) is 1.50. The molecule has 2 rings (SSSR count). The van der Waals surface area contributed by atoms with Crippen LogP contribution in [-0.2, 0) is 17.8 Å². The normalized spacial score (nSPS) is 10.3. The molecule has 18 heavy (non-hydrogen) atoms. The molecule has 0 aliphatic carbocycles. The highest BCUT2D eigenvalue weighted by Crippen LogP contribution is 2.14. The van der Waals surface area contributed by atoms with Crippen molar-refractivity contribution >= 4 is 5.97 Å². The zero-order valence-electron chi connectivity index (χ0n) is 9.92. The summed E-state index contributed by atoms with van der Waals surface area (Å²) in [4.78, 5) is 14.4. The Balaban J connectivity index is 1.94. The van der Waals surface area contributed by atoms with Gasteiger partial charge >= 0.3 is 5.97 Å². The van der Waals surface area contributed by atoms with Gasteiger partial charge in [0.25, 0.3) is 0 Å². The Morgan fingerprint density at radius 1 is 1.50 bits per heavy atom. The topological polar surface area (TPSA) is 72.6 Å². The predicted octanol–water partition coefficient (Wildman–Crippen LogP) is 2.19. The third-order valence-electron chi connectivity index (χ3n) is 2.28. The minimum absolute atomic E-state index is 0.169. The molecule has 1 aromatic carbocycles. The molecule has 0 saturated heterocycles. The third kappa shape index (κ3) is 3.35. The molecule has 0 saturated carbocycles. The van der Waals surface area contributed by atoms with Crippen LogP contribution in [0.25, 0.3) is 0 Å². The lowest BCUT2D eigenvalue weighted by Gasteiger charge is -2.03. The van der Waals surface area contributed by atoms with E-state index in [2.05, 4.69) is 4.98 Å². The van der Waals surface area contributed by atoms with Gasteiger partial charge in [0.2, 0.25) is 5.89 Å². The third-order valence-corrected chi connectivity index (χ3v) is 2.28. The lowest BCUT2D eigenvalue weighted by molar-refractivity contribution is -0.136. The van der Waals surface area contributed by atoms with Gasteiger partial charge in [-0.05, 0) is 24.6 Å². The number of hydrogen-bond donors (Lipinski definition) is 1. The van der Waals surface area contributed by atoms with Crippen molar-refractivity contribution in [2.75, 3.05) is 0 Å². The lowest BCUT2D eigenvalue weighted by atomic mass is 10.2. The highest BCUT2D eigenvalue weighted by Gasteiger charge is 2.08. The largest absolute Gasteiger partial charge is 0.484 e. The van der Waals surface area contributed by atoms with Crippen molar-refractivity contribution in [2.45, 2.75) is 20.0 Å². The van der Waals surface area contributed by atoms with Crippen LogP contribution in [0.15, 0.2) is 34.9 Å². The number of aliphatic carboxylic acids is 1. The van der Waals surface area contributed by atoms with Crippen molar-refractivity contribution in [3.63, 3.8) is 0 Å². The maximum atomic E-state index is 10.5. The van der Waals surface area contributed by atoms with Crippen LogP contribution >= 0.6 is 0 Å². The van der Waals surface area contributed by atoms with E-state index in [-0.39, 0.29) is 13.0 Å². The van der Waals surface area contributed by atoms with Gasteiger partial charge in [-0.1, -0.05) is 12.1 Å². The van der Waals surface area contributed by atoms with Gasteiger partial charge in [-0.25, -0.2) is 4.98 Å². The molecule has 1 aromatic heterocycles. The first-order chi connectivity index (χ1) is 8.63. The Morgan fingerprint density at radius 3 is 3.06 bits per heavy atom. The molecule has 0 bridgehead atoms. The van der Waals surface area contributed by atoms with Crippen molar-refractivity contribution in [1.82, 2.24) is 4.98 Å². The van der Waals surface area contributed by atoms with Crippen LogP contribution in [0, 0.1) is 6.92 Å². The minimum Gasteiger partial charge on any atom is -0.484 e. The second kappa shape index (κ2) is 5.35. The quantitative estimate of drug-likeness (QED) is 0.876. The number of aromatic nitrogens is 1. The molecule has 5 heteroatoms. The number of rotatable bonds is 5. The number of nitrogens with zero attached hydrogens (tertiary/aromatic N) is 1. The van der Waals surface area contributed by atoms with Crippen LogP contribution in [0.2, 0.25) is 0 Å². The van der Waals surface area contributed by atoms with Crippen molar-refractivity contribution < 1.29 is 19.1 Å². The van der Waals surface area contributed by atoms with E-state index in [0.29, 0.717) is 11.7 Å². The van der Waals surface area contributed by atoms with E-state index in [1.54, 1.807) is 0 Å². The van der Waals surface area contributed by atoms with Gasteiger partial charge in [-0.3, -0.25) is 4.79 Å². The second-order valence-corrected chi connectivity index (χ2v) is 3.90. The minimum atomic E-state index is -0.947. The first kappa shape index (κ1) is 12.2. The van der Waals surface area contributed by atoms with Crippen molar-refractivity contribution in [3.05, 3.63) is 47.7 Å². The molecule has 1 N–H and O–H groups in total. The number of carboxylic acids is 1. The van der Waals surface area contributed by atoms with E-state index in [0.717, 1.165) is 11.3 Å². The van der Waals surface area contributed by atoms with Crippen LogP contribution in [0.4, 0.5) is 0 Å². The van der Waals surface area contributed by atoms with Gasteiger partial charge in [-0.15, -0.1) is 0 Å². The Kier molecular flexibility index (Phi) is 3.62. The van der Waals surface area contributed by atoms with Gasteiger partial charge in [-0.2, -0.15) is 0 Å². The van der Waals surface area contributed by atoms with Crippen LogP contribution in [0.5, 0.6) is 5.75 Å². The van der Waals surface area contributed by atoms with Crippen molar-refractivity contribution in [2.24, 2.45) is 0 Å². The number of oxazole rings is 1. The van der Waals surface area contributed by atoms with Crippen LogP contribution in [0.1, 0.15) is 17.2 Å². The summed E-state index contributed by atoms with van der Waals surface area (Å²) in [5.74, 6) is 0.475. The number of benzene rings is 1. The van der Waals surface area contributed by atoms with Gasteiger partial charge < -0.3 is 14.3 Å². The molecular weight excluding hydrogens is 234 g/mol. The Bertz CT molecular complexity index is 547. The summed E-state index contributed by atoms with van der Waals surface area (Å²) >= 11 is 0. The average molecular weight is 247 g/mol. The Morgan fingerprint density at radius 2 is 2.33 bits per heavy atom. The first-order valence-electron chi connectivity index (χ1n) is 5.48. The molecule has 0 atom stereocenters. The standard InChI is InChI=1S/C13H13NO4/c1-9-3-2-4-10(5-9)17-8-12-14-7-11(18-12)6-13(15)16/h2-5,7H,6,8H2,1H3,(H,15,16). The molecular formula is C13H13NO4. The van der Waals surface area contributed by atoms with Crippen LogP contribution in [-0.4, -0.2) is 16.1 Å². The summed E-state index contributed by atoms with van der Waals surface area (Å²) in [6, 6.07) is 7.62. The Hall–Kier alpha value is -2.30. The zero-order valence-corrected chi connectivity index (χ0v) is 9.92. The summed E-state index contributed by atoms with van der Waals surface area (Å²) in [6.45, 7) is 2.16. The Labute approximate surface area is 104 Å². The molecule has 0 radical (unpaired) electrons. The molecule has 0 amide bonds. The number of ether oxygens (including phenoxy) is 1. The summed E-state index contributed by atoms with van der Waals surface area (Å²) in [6.07, 6.45) is 1.24. The molecule has 2 aromatic rings. The molecule has 0 fully saturated rings. The maximum Gasteiger partial charge on any atom is 0.311 e. The lowest BCUT2D eigenvalue weighted by Crippen LogP contribution is -1.98. The average Bonchev–Trinajstić information content (AvgIpc) is 2.73. The van der Waals surface area contributed by atoms with E-state index in [4.69, 9.17) is 14.3 Å². The molecule has 5 nitrogen and oxygen atoms in total. The zero-order chi connectivity index (χ0) is 13.0. The fourth-order valence-electron chi connectivity index (χ4n) is 1.50. The fraction of sp³-hybridized carbons (Fsp3) is 0.231. The summed E-state index contributed by atoms with van der Waals surface area (Å²) < 4.78 is 10.7. The first-order valence-corrected chi connectivity index (χ1v) is 5.48. The van der Waals surface area contributed by atoms with Gasteiger partial charge in [0.1, 0.15) is 17.9 Å². The molecule has 0 aliphatic rings. The number of hydrogen-bond acceptors (Lipinski definition) is 4. The van der Waals surface area contributed by atoms with E-state index in [1.807, 2.05) is 31.2 Å².